The predicted molar refractivity (Wildman–Crippen MR) is 131 cm³/mol. The van der Waals surface area contributed by atoms with Crippen LogP contribution in [0.5, 0.6) is 5.75 Å². The zero-order valence-electron chi connectivity index (χ0n) is 19.7. The first-order valence-corrected chi connectivity index (χ1v) is 12.1. The SMILES string of the molecule is CCc1c(F)ccc2cc(O)cc(-c3ncc4c(N5CCC[C@]6(CCO6)C5)nc(C)nc4c3F)c12. The molecule has 4 heterocycles. The summed E-state index contributed by atoms with van der Waals surface area (Å²) in [4.78, 5) is 15.7. The summed E-state index contributed by atoms with van der Waals surface area (Å²) in [5, 5.41) is 12.1. The van der Waals surface area contributed by atoms with Crippen LogP contribution in [0.15, 0.2) is 30.5 Å². The highest BCUT2D eigenvalue weighted by molar-refractivity contribution is 6.01. The Morgan fingerprint density at radius 2 is 2.00 bits per heavy atom. The quantitative estimate of drug-likeness (QED) is 0.424. The number of benzene rings is 2. The van der Waals surface area contributed by atoms with Crippen molar-refractivity contribution in [3.8, 4) is 17.0 Å². The van der Waals surface area contributed by atoms with Gasteiger partial charge in [0.1, 0.15) is 34.4 Å². The van der Waals surface area contributed by atoms with Crippen molar-refractivity contribution in [3.63, 3.8) is 0 Å². The number of aromatic nitrogens is 3. The van der Waals surface area contributed by atoms with Gasteiger partial charge in [-0.1, -0.05) is 13.0 Å². The lowest BCUT2D eigenvalue weighted by Crippen LogP contribution is -2.56. The van der Waals surface area contributed by atoms with Crippen LogP contribution in [0.4, 0.5) is 14.6 Å². The van der Waals surface area contributed by atoms with Crippen LogP contribution in [0, 0.1) is 18.6 Å². The lowest BCUT2D eigenvalue weighted by atomic mass is 9.86. The average Bonchev–Trinajstić information content (AvgIpc) is 2.83. The molecule has 2 aromatic heterocycles. The van der Waals surface area contributed by atoms with Gasteiger partial charge in [-0.05, 0) is 60.7 Å². The van der Waals surface area contributed by atoms with Gasteiger partial charge < -0.3 is 14.7 Å². The number of pyridine rings is 1. The van der Waals surface area contributed by atoms with Crippen molar-refractivity contribution in [3.05, 3.63) is 53.5 Å². The first kappa shape index (κ1) is 22.1. The maximum atomic E-state index is 16.1. The van der Waals surface area contributed by atoms with Gasteiger partial charge in [-0.2, -0.15) is 0 Å². The summed E-state index contributed by atoms with van der Waals surface area (Å²) >= 11 is 0. The number of halogens is 2. The Labute approximate surface area is 201 Å². The summed E-state index contributed by atoms with van der Waals surface area (Å²) < 4.78 is 36.7. The van der Waals surface area contributed by atoms with Crippen LogP contribution in [0.2, 0.25) is 0 Å². The van der Waals surface area contributed by atoms with Crippen molar-refractivity contribution in [1.29, 1.82) is 0 Å². The van der Waals surface area contributed by atoms with E-state index in [0.717, 1.165) is 32.4 Å². The summed E-state index contributed by atoms with van der Waals surface area (Å²) in [6, 6.07) is 5.95. The molecular formula is C27H26F2N4O2. The number of anilines is 1. The molecule has 6 rings (SSSR count). The second kappa shape index (κ2) is 8.09. The van der Waals surface area contributed by atoms with Crippen LogP contribution < -0.4 is 4.90 Å². The van der Waals surface area contributed by atoms with Gasteiger partial charge in [0.2, 0.25) is 0 Å². The minimum absolute atomic E-state index is 0.0280. The number of fused-ring (bicyclic) bond motifs is 2. The Balaban J connectivity index is 1.55. The fraction of sp³-hybridized carbons (Fsp3) is 0.370. The summed E-state index contributed by atoms with van der Waals surface area (Å²) in [5.74, 6) is 0.0888. The highest BCUT2D eigenvalue weighted by Crippen LogP contribution is 2.40. The number of piperidine rings is 1. The fourth-order valence-corrected chi connectivity index (χ4v) is 5.60. The second-order valence-corrected chi connectivity index (χ2v) is 9.56. The fourth-order valence-electron chi connectivity index (χ4n) is 5.60. The van der Waals surface area contributed by atoms with E-state index in [9.17, 15) is 9.50 Å². The number of hydrogen-bond acceptors (Lipinski definition) is 6. The van der Waals surface area contributed by atoms with E-state index in [0.29, 0.717) is 51.9 Å². The van der Waals surface area contributed by atoms with Gasteiger partial charge in [0.05, 0.1) is 17.6 Å². The molecule has 2 aliphatic heterocycles. The third-order valence-corrected chi connectivity index (χ3v) is 7.34. The maximum Gasteiger partial charge on any atom is 0.175 e. The van der Waals surface area contributed by atoms with Gasteiger partial charge in [-0.15, -0.1) is 0 Å². The molecule has 180 valence electrons. The molecule has 2 fully saturated rings. The molecule has 0 aliphatic carbocycles. The van der Waals surface area contributed by atoms with Crippen LogP contribution in [0.3, 0.4) is 0 Å². The number of nitrogens with zero attached hydrogens (tertiary/aromatic N) is 4. The molecular weight excluding hydrogens is 450 g/mol. The first-order valence-electron chi connectivity index (χ1n) is 12.1. The number of rotatable bonds is 3. The molecule has 2 aliphatic rings. The van der Waals surface area contributed by atoms with E-state index in [1.165, 1.54) is 12.1 Å². The minimum Gasteiger partial charge on any atom is -0.508 e. The van der Waals surface area contributed by atoms with Crippen molar-refractivity contribution >= 4 is 27.5 Å². The normalized spacial score (nSPS) is 20.1. The van der Waals surface area contributed by atoms with Crippen LogP contribution in [-0.4, -0.2) is 45.4 Å². The molecule has 1 atom stereocenters. The summed E-state index contributed by atoms with van der Waals surface area (Å²) in [6.07, 6.45) is 5.01. The molecule has 4 aromatic rings. The standard InChI is InChI=1S/C27H26F2N4O2/c1-3-18-21(28)6-5-16-11-17(34)12-19(22(16)18)24-23(29)25-20(13-30-24)26(32-15(2)31-25)33-9-4-7-27(14-33)8-10-35-27/h5-6,11-13,34H,3-4,7-10,14H2,1-2H3/t27-/m0/s1. The van der Waals surface area contributed by atoms with Gasteiger partial charge in [-0.25, -0.2) is 18.7 Å². The van der Waals surface area contributed by atoms with E-state index < -0.39 is 5.82 Å². The zero-order chi connectivity index (χ0) is 24.3. The summed E-state index contributed by atoms with van der Waals surface area (Å²) in [5.41, 5.74) is 0.847. The first-order chi connectivity index (χ1) is 16.9. The maximum absolute atomic E-state index is 16.1. The van der Waals surface area contributed by atoms with Gasteiger partial charge in [0.15, 0.2) is 5.82 Å². The number of phenols is 1. The topological polar surface area (TPSA) is 71.4 Å². The van der Waals surface area contributed by atoms with E-state index in [-0.39, 0.29) is 28.4 Å². The molecule has 0 amide bonds. The van der Waals surface area contributed by atoms with Crippen molar-refractivity contribution < 1.29 is 18.6 Å². The molecule has 8 heteroatoms. The van der Waals surface area contributed by atoms with E-state index in [2.05, 4.69) is 19.9 Å². The van der Waals surface area contributed by atoms with Crippen molar-refractivity contribution in [2.24, 2.45) is 0 Å². The lowest BCUT2D eigenvalue weighted by Gasteiger charge is -2.48. The minimum atomic E-state index is -0.612. The Bertz CT molecular complexity index is 1490. The lowest BCUT2D eigenvalue weighted by molar-refractivity contribution is -0.151. The molecule has 1 N–H and O–H groups in total. The van der Waals surface area contributed by atoms with Crippen LogP contribution in [0.25, 0.3) is 32.9 Å². The molecule has 1 spiro atoms. The molecule has 0 unspecified atom stereocenters. The van der Waals surface area contributed by atoms with Crippen LogP contribution >= 0.6 is 0 Å². The van der Waals surface area contributed by atoms with E-state index in [1.807, 2.05) is 6.92 Å². The Hall–Kier alpha value is -3.39. The summed E-state index contributed by atoms with van der Waals surface area (Å²) in [7, 11) is 0. The number of hydrogen-bond donors (Lipinski definition) is 1. The molecule has 6 nitrogen and oxygen atoms in total. The Kier molecular flexibility index (Phi) is 5.11. The largest absolute Gasteiger partial charge is 0.508 e. The number of aryl methyl sites for hydroxylation is 2. The van der Waals surface area contributed by atoms with Crippen molar-refractivity contribution in [2.75, 3.05) is 24.6 Å². The number of aromatic hydroxyl groups is 1. The van der Waals surface area contributed by atoms with Crippen molar-refractivity contribution in [1.82, 2.24) is 15.0 Å². The Morgan fingerprint density at radius 3 is 2.74 bits per heavy atom. The highest BCUT2D eigenvalue weighted by atomic mass is 19.1. The monoisotopic (exact) mass is 476 g/mol. The van der Waals surface area contributed by atoms with E-state index >= 15 is 4.39 Å². The molecule has 35 heavy (non-hydrogen) atoms. The molecule has 2 saturated heterocycles. The van der Waals surface area contributed by atoms with Gasteiger partial charge in [0.25, 0.3) is 0 Å². The van der Waals surface area contributed by atoms with Gasteiger partial charge >= 0.3 is 0 Å². The number of ether oxygens (including phenoxy) is 1. The zero-order valence-corrected chi connectivity index (χ0v) is 19.7. The average molecular weight is 477 g/mol. The third-order valence-electron chi connectivity index (χ3n) is 7.34. The van der Waals surface area contributed by atoms with E-state index in [4.69, 9.17) is 4.74 Å². The van der Waals surface area contributed by atoms with Crippen molar-refractivity contribution in [2.45, 2.75) is 45.1 Å². The van der Waals surface area contributed by atoms with Crippen LogP contribution in [-0.2, 0) is 11.2 Å². The van der Waals surface area contributed by atoms with Gasteiger partial charge in [-0.3, -0.25) is 4.98 Å². The van der Waals surface area contributed by atoms with Crippen LogP contribution in [0.1, 0.15) is 37.6 Å². The smallest absolute Gasteiger partial charge is 0.175 e. The highest BCUT2D eigenvalue weighted by Gasteiger charge is 2.42. The third kappa shape index (κ3) is 3.50. The predicted octanol–water partition coefficient (Wildman–Crippen LogP) is 5.46. The molecule has 2 aromatic carbocycles. The Morgan fingerprint density at radius 1 is 1.17 bits per heavy atom. The molecule has 0 radical (unpaired) electrons. The number of phenolic OH excluding ortho intramolecular Hbond substituents is 1. The van der Waals surface area contributed by atoms with E-state index in [1.54, 1.807) is 25.3 Å². The second-order valence-electron chi connectivity index (χ2n) is 9.56. The van der Waals surface area contributed by atoms with Gasteiger partial charge in [0, 0.05) is 31.3 Å². The summed E-state index contributed by atoms with van der Waals surface area (Å²) in [6.45, 7) is 5.87. The molecule has 0 saturated carbocycles. The molecule has 0 bridgehead atoms.